The molecule has 0 amide bonds. The van der Waals surface area contributed by atoms with E-state index in [0.29, 0.717) is 6.04 Å². The summed E-state index contributed by atoms with van der Waals surface area (Å²) >= 11 is 0. The van der Waals surface area contributed by atoms with Crippen molar-refractivity contribution in [2.24, 2.45) is 0 Å². The van der Waals surface area contributed by atoms with E-state index in [2.05, 4.69) is 45.4 Å². The number of aromatic nitrogens is 2. The van der Waals surface area contributed by atoms with Crippen LogP contribution in [0, 0.1) is 0 Å². The molecule has 1 N–H and O–H groups in total. The van der Waals surface area contributed by atoms with Gasteiger partial charge in [0, 0.05) is 50.5 Å². The number of hydrogen-bond acceptors (Lipinski definition) is 4. The van der Waals surface area contributed by atoms with Crippen LogP contribution in [-0.4, -0.2) is 23.1 Å². The molecule has 0 unspecified atom stereocenters. The average molecular weight is 268 g/mol. The van der Waals surface area contributed by atoms with Crippen molar-refractivity contribution in [1.29, 1.82) is 0 Å². The number of nitrogens with one attached hydrogen (secondary N) is 1. The zero-order valence-corrected chi connectivity index (χ0v) is 11.8. The molecule has 1 aliphatic carbocycles. The molecule has 20 heavy (non-hydrogen) atoms. The molecule has 4 heteroatoms. The Hall–Kier alpha value is -1.94. The Morgan fingerprint density at radius 3 is 2.95 bits per heavy atom. The summed E-state index contributed by atoms with van der Waals surface area (Å²) in [6.45, 7) is 1.71. The van der Waals surface area contributed by atoms with Crippen molar-refractivity contribution >= 4 is 5.69 Å². The van der Waals surface area contributed by atoms with Gasteiger partial charge in [-0.05, 0) is 36.6 Å². The van der Waals surface area contributed by atoms with Gasteiger partial charge >= 0.3 is 0 Å². The quantitative estimate of drug-likeness (QED) is 0.873. The lowest BCUT2D eigenvalue weighted by Crippen LogP contribution is -2.19. The number of hydrogen-bond donors (Lipinski definition) is 1. The molecule has 2 heterocycles. The second-order valence-electron chi connectivity index (χ2n) is 5.38. The highest BCUT2D eigenvalue weighted by atomic mass is 15.1. The molecule has 0 radical (unpaired) electrons. The van der Waals surface area contributed by atoms with Gasteiger partial charge in [-0.2, -0.15) is 0 Å². The van der Waals surface area contributed by atoms with Gasteiger partial charge in [0.1, 0.15) is 0 Å². The summed E-state index contributed by atoms with van der Waals surface area (Å²) < 4.78 is 0. The lowest BCUT2D eigenvalue weighted by Gasteiger charge is -2.19. The Morgan fingerprint density at radius 2 is 2.20 bits per heavy atom. The maximum Gasteiger partial charge on any atom is 0.0562 e. The summed E-state index contributed by atoms with van der Waals surface area (Å²) in [6, 6.07) is 9.00. The first-order valence-electron chi connectivity index (χ1n) is 7.09. The molecule has 0 spiro atoms. The van der Waals surface area contributed by atoms with Crippen LogP contribution in [0.2, 0.25) is 0 Å². The minimum Gasteiger partial charge on any atom is -0.370 e. The highest BCUT2D eigenvalue weighted by molar-refractivity contribution is 5.46. The van der Waals surface area contributed by atoms with Crippen LogP contribution >= 0.6 is 0 Å². The fourth-order valence-electron chi connectivity index (χ4n) is 2.19. The van der Waals surface area contributed by atoms with Crippen molar-refractivity contribution in [3.63, 3.8) is 0 Å². The summed E-state index contributed by atoms with van der Waals surface area (Å²) in [4.78, 5) is 10.8. The molecular weight excluding hydrogens is 248 g/mol. The van der Waals surface area contributed by atoms with E-state index in [9.17, 15) is 0 Å². The monoisotopic (exact) mass is 268 g/mol. The van der Waals surface area contributed by atoms with Gasteiger partial charge in [-0.25, -0.2) is 0 Å². The predicted molar refractivity (Wildman–Crippen MR) is 80.4 cm³/mol. The van der Waals surface area contributed by atoms with Crippen LogP contribution in [0.1, 0.15) is 24.1 Å². The molecule has 1 fully saturated rings. The number of pyridine rings is 2. The molecule has 1 saturated carbocycles. The van der Waals surface area contributed by atoms with Crippen LogP contribution < -0.4 is 10.2 Å². The molecular formula is C16H20N4. The van der Waals surface area contributed by atoms with Crippen LogP contribution in [-0.2, 0) is 13.1 Å². The molecule has 0 saturated heterocycles. The standard InChI is InChI=1S/C16H20N4/c1-20(12-13-3-2-7-17-10-13)16-6-8-18-15(9-16)11-19-14-4-5-14/h2-3,6-10,14,19H,4-5,11-12H2,1H3. The summed E-state index contributed by atoms with van der Waals surface area (Å²) in [5.41, 5.74) is 3.51. The van der Waals surface area contributed by atoms with Gasteiger partial charge in [-0.1, -0.05) is 6.07 Å². The summed E-state index contributed by atoms with van der Waals surface area (Å²) in [7, 11) is 2.10. The zero-order valence-electron chi connectivity index (χ0n) is 11.8. The van der Waals surface area contributed by atoms with Crippen LogP contribution in [0.3, 0.4) is 0 Å². The molecule has 4 nitrogen and oxygen atoms in total. The van der Waals surface area contributed by atoms with Gasteiger partial charge in [0.15, 0.2) is 0 Å². The first-order chi connectivity index (χ1) is 9.81. The fraction of sp³-hybridized carbons (Fsp3) is 0.375. The molecule has 2 aromatic heterocycles. The second-order valence-corrected chi connectivity index (χ2v) is 5.38. The minimum absolute atomic E-state index is 0.716. The highest BCUT2D eigenvalue weighted by Crippen LogP contribution is 2.20. The summed E-state index contributed by atoms with van der Waals surface area (Å²) in [6.07, 6.45) is 8.21. The van der Waals surface area contributed by atoms with Crippen molar-refractivity contribution in [1.82, 2.24) is 15.3 Å². The summed E-state index contributed by atoms with van der Waals surface area (Å²) in [5.74, 6) is 0. The van der Waals surface area contributed by atoms with Gasteiger partial charge < -0.3 is 10.2 Å². The van der Waals surface area contributed by atoms with Crippen molar-refractivity contribution in [2.45, 2.75) is 32.0 Å². The summed E-state index contributed by atoms with van der Waals surface area (Å²) in [5, 5.41) is 3.50. The van der Waals surface area contributed by atoms with E-state index in [4.69, 9.17) is 0 Å². The van der Waals surface area contributed by atoms with Crippen molar-refractivity contribution in [3.8, 4) is 0 Å². The van der Waals surface area contributed by atoms with E-state index >= 15 is 0 Å². The van der Waals surface area contributed by atoms with E-state index in [-0.39, 0.29) is 0 Å². The molecule has 0 atom stereocenters. The molecule has 0 bridgehead atoms. The topological polar surface area (TPSA) is 41.1 Å². The Labute approximate surface area is 119 Å². The third-order valence-electron chi connectivity index (χ3n) is 3.53. The lowest BCUT2D eigenvalue weighted by molar-refractivity contribution is 0.674. The second kappa shape index (κ2) is 6.01. The largest absolute Gasteiger partial charge is 0.370 e. The van der Waals surface area contributed by atoms with E-state index < -0.39 is 0 Å². The third-order valence-corrected chi connectivity index (χ3v) is 3.53. The Balaban J connectivity index is 1.64. The normalized spacial score (nSPS) is 14.2. The van der Waals surface area contributed by atoms with E-state index in [1.54, 1.807) is 6.20 Å². The molecule has 3 rings (SSSR count). The van der Waals surface area contributed by atoms with E-state index in [1.807, 2.05) is 18.5 Å². The maximum absolute atomic E-state index is 4.43. The Kier molecular flexibility index (Phi) is 3.92. The van der Waals surface area contributed by atoms with E-state index in [0.717, 1.165) is 18.8 Å². The van der Waals surface area contributed by atoms with Gasteiger partial charge in [0.05, 0.1) is 5.69 Å². The van der Waals surface area contributed by atoms with Gasteiger partial charge in [-0.15, -0.1) is 0 Å². The number of rotatable bonds is 6. The van der Waals surface area contributed by atoms with Gasteiger partial charge in [0.25, 0.3) is 0 Å². The first-order valence-corrected chi connectivity index (χ1v) is 7.09. The minimum atomic E-state index is 0.716. The molecule has 0 aromatic carbocycles. The Morgan fingerprint density at radius 1 is 1.30 bits per heavy atom. The first kappa shape index (κ1) is 13.1. The number of anilines is 1. The van der Waals surface area contributed by atoms with E-state index in [1.165, 1.54) is 24.1 Å². The fourth-order valence-corrected chi connectivity index (χ4v) is 2.19. The molecule has 2 aromatic rings. The third kappa shape index (κ3) is 3.54. The van der Waals surface area contributed by atoms with Gasteiger partial charge in [-0.3, -0.25) is 9.97 Å². The van der Waals surface area contributed by atoms with Crippen molar-refractivity contribution in [3.05, 3.63) is 54.1 Å². The zero-order chi connectivity index (χ0) is 13.8. The van der Waals surface area contributed by atoms with Crippen LogP contribution in [0.5, 0.6) is 0 Å². The molecule has 1 aliphatic rings. The molecule has 0 aliphatic heterocycles. The maximum atomic E-state index is 4.43. The van der Waals surface area contributed by atoms with Crippen molar-refractivity contribution < 1.29 is 0 Å². The predicted octanol–water partition coefficient (Wildman–Crippen LogP) is 2.37. The van der Waals surface area contributed by atoms with Gasteiger partial charge in [0.2, 0.25) is 0 Å². The smallest absolute Gasteiger partial charge is 0.0562 e. The van der Waals surface area contributed by atoms with Crippen LogP contribution in [0.15, 0.2) is 42.9 Å². The average Bonchev–Trinajstić information content (AvgIpc) is 3.31. The van der Waals surface area contributed by atoms with Crippen molar-refractivity contribution in [2.75, 3.05) is 11.9 Å². The SMILES string of the molecule is CN(Cc1cccnc1)c1ccnc(CNC2CC2)c1. The molecule has 104 valence electrons. The van der Waals surface area contributed by atoms with Crippen LogP contribution in [0.25, 0.3) is 0 Å². The van der Waals surface area contributed by atoms with Crippen LogP contribution in [0.4, 0.5) is 5.69 Å². The number of nitrogens with zero attached hydrogens (tertiary/aromatic N) is 3. The highest BCUT2D eigenvalue weighted by Gasteiger charge is 2.20. The Bertz CT molecular complexity index is 551. The lowest BCUT2D eigenvalue weighted by atomic mass is 10.2.